The van der Waals surface area contributed by atoms with E-state index in [9.17, 15) is 23.3 Å². The molecule has 0 radical (unpaired) electrons. The summed E-state index contributed by atoms with van der Waals surface area (Å²) in [5.41, 5.74) is 9.95. The van der Waals surface area contributed by atoms with Crippen LogP contribution in [0.25, 0.3) is 0 Å². The van der Waals surface area contributed by atoms with Crippen LogP contribution in [-0.4, -0.2) is 16.3 Å². The number of anilines is 1. The van der Waals surface area contributed by atoms with Gasteiger partial charge < -0.3 is 26.3 Å². The van der Waals surface area contributed by atoms with Gasteiger partial charge in [-0.3, -0.25) is 0 Å². The molecule has 0 spiro atoms. The molecule has 7 nitrogen and oxygen atoms in total. The van der Waals surface area contributed by atoms with Gasteiger partial charge in [-0.05, 0) is 9.91 Å². The molecular formula is C7H7F3N4O3. The van der Waals surface area contributed by atoms with Crippen LogP contribution in [-0.2, 0) is 6.54 Å². The Hall–Kier alpha value is -2.10. The van der Waals surface area contributed by atoms with Crippen molar-refractivity contribution in [2.45, 2.75) is 12.9 Å². The minimum absolute atomic E-state index is 0.0230. The van der Waals surface area contributed by atoms with Gasteiger partial charge in [0.2, 0.25) is 5.75 Å². The van der Waals surface area contributed by atoms with Crippen LogP contribution >= 0.6 is 0 Å². The van der Waals surface area contributed by atoms with Crippen molar-refractivity contribution in [3.05, 3.63) is 21.9 Å². The molecule has 0 amide bonds. The Morgan fingerprint density at radius 2 is 2.12 bits per heavy atom. The number of nitro groups is 1. The zero-order valence-electron chi connectivity index (χ0n) is 8.19. The zero-order chi connectivity index (χ0) is 13.2. The van der Waals surface area contributed by atoms with E-state index in [0.717, 1.165) is 6.20 Å². The van der Waals surface area contributed by atoms with Crippen LogP contribution in [0.3, 0.4) is 0 Å². The van der Waals surface area contributed by atoms with Crippen molar-refractivity contribution in [3.8, 4) is 5.75 Å². The number of alkyl halides is 3. The van der Waals surface area contributed by atoms with E-state index in [4.69, 9.17) is 11.5 Å². The Balaban J connectivity index is 3.35. The normalized spacial score (nSPS) is 11.3. The second kappa shape index (κ2) is 4.41. The Morgan fingerprint density at radius 1 is 1.53 bits per heavy atom. The van der Waals surface area contributed by atoms with Gasteiger partial charge in [-0.2, -0.15) is 0 Å². The Morgan fingerprint density at radius 3 is 2.53 bits per heavy atom. The van der Waals surface area contributed by atoms with Crippen molar-refractivity contribution in [2.75, 3.05) is 5.73 Å². The molecule has 0 saturated heterocycles. The average molecular weight is 252 g/mol. The summed E-state index contributed by atoms with van der Waals surface area (Å²) in [4.78, 5) is 12.6. The van der Waals surface area contributed by atoms with Gasteiger partial charge in [0.25, 0.3) is 0 Å². The zero-order valence-corrected chi connectivity index (χ0v) is 8.19. The molecule has 1 aromatic heterocycles. The first-order chi connectivity index (χ1) is 7.76. The second-order valence-electron chi connectivity index (χ2n) is 2.86. The van der Waals surface area contributed by atoms with Crippen LogP contribution in [0.15, 0.2) is 6.20 Å². The maximum Gasteiger partial charge on any atom is 0.573 e. The van der Waals surface area contributed by atoms with Crippen molar-refractivity contribution >= 4 is 11.5 Å². The predicted octanol–water partition coefficient (Wildman–Crippen LogP) is 0.929. The number of halogens is 3. The number of nitrogens with two attached hydrogens (primary N) is 2. The first-order valence-electron chi connectivity index (χ1n) is 4.13. The highest BCUT2D eigenvalue weighted by atomic mass is 19.4. The molecule has 0 saturated carbocycles. The SMILES string of the molecule is NCc1cnc([N+](=O)[O-])c(OC(F)(F)F)c1N. The van der Waals surface area contributed by atoms with Gasteiger partial charge in [0, 0.05) is 12.1 Å². The number of ether oxygens (including phenoxy) is 1. The highest BCUT2D eigenvalue weighted by Crippen LogP contribution is 2.37. The summed E-state index contributed by atoms with van der Waals surface area (Å²) in [5, 5.41) is 10.5. The van der Waals surface area contributed by atoms with Gasteiger partial charge in [0.1, 0.15) is 6.20 Å². The molecule has 0 unspecified atom stereocenters. The molecular weight excluding hydrogens is 245 g/mol. The number of hydrogen-bond acceptors (Lipinski definition) is 6. The lowest BCUT2D eigenvalue weighted by atomic mass is 10.2. The first kappa shape index (κ1) is 13.0. The Labute approximate surface area is 92.3 Å². The molecule has 0 atom stereocenters. The van der Waals surface area contributed by atoms with Gasteiger partial charge in [-0.15, -0.1) is 13.2 Å². The third kappa shape index (κ3) is 2.93. The summed E-state index contributed by atoms with van der Waals surface area (Å²) >= 11 is 0. The van der Waals surface area contributed by atoms with Gasteiger partial charge in [0.15, 0.2) is 0 Å². The highest BCUT2D eigenvalue weighted by molar-refractivity contribution is 5.64. The summed E-state index contributed by atoms with van der Waals surface area (Å²) in [6, 6.07) is 0. The van der Waals surface area contributed by atoms with E-state index in [1.165, 1.54) is 0 Å². The topological polar surface area (TPSA) is 117 Å². The summed E-state index contributed by atoms with van der Waals surface area (Å²) in [7, 11) is 0. The van der Waals surface area contributed by atoms with Crippen LogP contribution in [0.5, 0.6) is 5.75 Å². The molecule has 0 aliphatic heterocycles. The summed E-state index contributed by atoms with van der Waals surface area (Å²) < 4.78 is 39.6. The Bertz CT molecular complexity index is 449. The van der Waals surface area contributed by atoms with Crippen molar-refractivity contribution in [1.29, 1.82) is 0 Å². The van der Waals surface area contributed by atoms with Crippen molar-refractivity contribution < 1.29 is 22.8 Å². The molecule has 94 valence electrons. The molecule has 0 bridgehead atoms. The molecule has 1 aromatic rings. The number of aromatic nitrogens is 1. The van der Waals surface area contributed by atoms with Crippen molar-refractivity contribution in [3.63, 3.8) is 0 Å². The standard InChI is InChI=1S/C7H7F3N4O3/c8-7(9,10)17-5-4(12)3(1-11)2-13-6(5)14(15)16/h2H,1,11H2,(H2,12,13). The summed E-state index contributed by atoms with van der Waals surface area (Å²) in [6.45, 7) is -0.217. The minimum atomic E-state index is -5.10. The fraction of sp³-hybridized carbons (Fsp3) is 0.286. The quantitative estimate of drug-likeness (QED) is 0.610. The fourth-order valence-corrected chi connectivity index (χ4v) is 1.04. The Kier molecular flexibility index (Phi) is 3.36. The van der Waals surface area contributed by atoms with Gasteiger partial charge in [-0.25, -0.2) is 0 Å². The van der Waals surface area contributed by atoms with Gasteiger partial charge >= 0.3 is 12.2 Å². The van der Waals surface area contributed by atoms with E-state index in [1.54, 1.807) is 0 Å². The second-order valence-corrected chi connectivity index (χ2v) is 2.86. The summed E-state index contributed by atoms with van der Waals surface area (Å²) in [5.74, 6) is -2.26. The van der Waals surface area contributed by atoms with Gasteiger partial charge in [0.05, 0.1) is 5.69 Å². The van der Waals surface area contributed by atoms with Crippen molar-refractivity contribution in [2.24, 2.45) is 5.73 Å². The van der Waals surface area contributed by atoms with E-state index in [2.05, 4.69) is 9.72 Å². The lowest BCUT2D eigenvalue weighted by Crippen LogP contribution is -2.20. The molecule has 1 heterocycles. The van der Waals surface area contributed by atoms with Crippen LogP contribution < -0.4 is 16.2 Å². The molecule has 0 aliphatic carbocycles. The molecule has 4 N–H and O–H groups in total. The minimum Gasteiger partial charge on any atom is -0.395 e. The van der Waals surface area contributed by atoms with Gasteiger partial charge in [-0.1, -0.05) is 0 Å². The lowest BCUT2D eigenvalue weighted by molar-refractivity contribution is -0.393. The van der Waals surface area contributed by atoms with Crippen LogP contribution in [0.2, 0.25) is 0 Å². The molecule has 0 aliphatic rings. The smallest absolute Gasteiger partial charge is 0.395 e. The average Bonchev–Trinajstić information content (AvgIpc) is 2.18. The maximum absolute atomic E-state index is 12.0. The first-order valence-corrected chi connectivity index (χ1v) is 4.13. The third-order valence-corrected chi connectivity index (χ3v) is 1.75. The number of rotatable bonds is 3. The molecule has 10 heteroatoms. The van der Waals surface area contributed by atoms with E-state index < -0.39 is 28.5 Å². The van der Waals surface area contributed by atoms with E-state index in [-0.39, 0.29) is 12.1 Å². The lowest BCUT2D eigenvalue weighted by Gasteiger charge is -2.12. The number of nitrogen functional groups attached to an aromatic ring is 1. The highest BCUT2D eigenvalue weighted by Gasteiger charge is 2.37. The monoisotopic (exact) mass is 252 g/mol. The fourth-order valence-electron chi connectivity index (χ4n) is 1.04. The molecule has 17 heavy (non-hydrogen) atoms. The van der Waals surface area contributed by atoms with E-state index in [0.29, 0.717) is 0 Å². The van der Waals surface area contributed by atoms with Crippen LogP contribution in [0.1, 0.15) is 5.56 Å². The number of nitrogens with zero attached hydrogens (tertiary/aromatic N) is 2. The number of hydrogen-bond donors (Lipinski definition) is 2. The largest absolute Gasteiger partial charge is 0.573 e. The van der Waals surface area contributed by atoms with Crippen LogP contribution in [0.4, 0.5) is 24.7 Å². The van der Waals surface area contributed by atoms with E-state index >= 15 is 0 Å². The number of pyridine rings is 1. The molecule has 0 aromatic carbocycles. The third-order valence-electron chi connectivity index (χ3n) is 1.75. The van der Waals surface area contributed by atoms with E-state index in [1.807, 2.05) is 0 Å². The maximum atomic E-state index is 12.0. The van der Waals surface area contributed by atoms with Crippen molar-refractivity contribution in [1.82, 2.24) is 4.98 Å². The predicted molar refractivity (Wildman–Crippen MR) is 49.9 cm³/mol. The molecule has 1 rings (SSSR count). The molecule has 0 fully saturated rings. The van der Waals surface area contributed by atoms with Crippen LogP contribution in [0, 0.1) is 10.1 Å². The summed E-state index contributed by atoms with van der Waals surface area (Å²) in [6.07, 6.45) is -4.18.